The summed E-state index contributed by atoms with van der Waals surface area (Å²) in [5.41, 5.74) is 2.43. The quantitative estimate of drug-likeness (QED) is 0.394. The van der Waals surface area contributed by atoms with E-state index in [0.29, 0.717) is 59.7 Å². The van der Waals surface area contributed by atoms with Gasteiger partial charge in [-0.2, -0.15) is 0 Å². The van der Waals surface area contributed by atoms with Crippen molar-refractivity contribution in [2.75, 3.05) is 5.32 Å². The highest BCUT2D eigenvalue weighted by molar-refractivity contribution is 6.44. The second kappa shape index (κ2) is 7.65. The van der Waals surface area contributed by atoms with Crippen LogP contribution in [0.2, 0.25) is 0 Å². The Kier molecular flexibility index (Phi) is 4.88. The highest BCUT2D eigenvalue weighted by atomic mass is 19.1. The molecule has 3 N–H and O–H groups in total. The molecule has 2 aliphatic rings. The van der Waals surface area contributed by atoms with Crippen LogP contribution in [0.1, 0.15) is 62.6 Å². The van der Waals surface area contributed by atoms with Crippen molar-refractivity contribution >= 4 is 23.3 Å². The first kappa shape index (κ1) is 21.0. The molecule has 1 aliphatic heterocycles. The average molecular weight is 450 g/mol. The third-order valence-corrected chi connectivity index (χ3v) is 6.50. The molecule has 10 heteroatoms. The summed E-state index contributed by atoms with van der Waals surface area (Å²) in [6, 6.07) is 4.47. The maximum absolute atomic E-state index is 13.9. The zero-order valence-corrected chi connectivity index (χ0v) is 18.3. The van der Waals surface area contributed by atoms with E-state index in [9.17, 15) is 18.8 Å². The van der Waals surface area contributed by atoms with Gasteiger partial charge < -0.3 is 15.2 Å². The number of anilines is 1. The highest BCUT2D eigenvalue weighted by Gasteiger charge is 2.49. The van der Waals surface area contributed by atoms with Crippen LogP contribution in [0.25, 0.3) is 0 Å². The lowest BCUT2D eigenvalue weighted by molar-refractivity contribution is -0.118. The minimum atomic E-state index is -0.730. The van der Waals surface area contributed by atoms with Gasteiger partial charge in [0.15, 0.2) is 0 Å². The van der Waals surface area contributed by atoms with Crippen LogP contribution in [-0.4, -0.2) is 37.6 Å². The SMILES string of the molecule is Cc1ccc(NC(=O)c2c(C)c(C(=O)C(=O)NC3(c4c[nH]nn4)CC3)c3n2CCC3)cc1F. The molecule has 33 heavy (non-hydrogen) atoms. The summed E-state index contributed by atoms with van der Waals surface area (Å²) in [6.45, 7) is 3.88. The second-order valence-electron chi connectivity index (χ2n) is 8.69. The Hall–Kier alpha value is -3.82. The molecule has 0 unspecified atom stereocenters. The van der Waals surface area contributed by atoms with E-state index in [1.807, 2.05) is 0 Å². The number of hydrogen-bond donors (Lipinski definition) is 3. The fourth-order valence-corrected chi connectivity index (χ4v) is 4.57. The Morgan fingerprint density at radius 2 is 2.00 bits per heavy atom. The fraction of sp³-hybridized carbons (Fsp3) is 0.348. The first-order chi connectivity index (χ1) is 15.8. The van der Waals surface area contributed by atoms with Gasteiger partial charge in [-0.3, -0.25) is 19.5 Å². The van der Waals surface area contributed by atoms with Crippen molar-refractivity contribution in [3.63, 3.8) is 0 Å². The number of nitrogens with one attached hydrogen (secondary N) is 3. The zero-order chi connectivity index (χ0) is 23.3. The molecule has 1 aromatic carbocycles. The lowest BCUT2D eigenvalue weighted by atomic mass is 10.0. The molecule has 5 rings (SSSR count). The molecular formula is C23H23FN6O3. The number of carbonyl (C=O) groups is 3. The number of aryl methyl sites for hydroxylation is 1. The van der Waals surface area contributed by atoms with E-state index in [-0.39, 0.29) is 5.56 Å². The molecule has 170 valence electrons. The molecule has 0 radical (unpaired) electrons. The Morgan fingerprint density at radius 1 is 1.21 bits per heavy atom. The monoisotopic (exact) mass is 450 g/mol. The summed E-state index contributed by atoms with van der Waals surface area (Å²) in [5, 5.41) is 15.8. The van der Waals surface area contributed by atoms with Crippen LogP contribution in [-0.2, 0) is 23.3 Å². The van der Waals surface area contributed by atoms with Gasteiger partial charge in [0.1, 0.15) is 17.2 Å². The number of benzene rings is 1. The number of H-pyrrole nitrogens is 1. The summed E-state index contributed by atoms with van der Waals surface area (Å²) in [5.74, 6) is -2.27. The fourth-order valence-electron chi connectivity index (χ4n) is 4.57. The number of carbonyl (C=O) groups excluding carboxylic acids is 3. The molecule has 9 nitrogen and oxygen atoms in total. The lowest BCUT2D eigenvalue weighted by Crippen LogP contribution is -2.40. The predicted octanol–water partition coefficient (Wildman–Crippen LogP) is 2.55. The van der Waals surface area contributed by atoms with Gasteiger partial charge in [0, 0.05) is 24.1 Å². The molecule has 2 amide bonds. The smallest absolute Gasteiger partial charge is 0.293 e. The van der Waals surface area contributed by atoms with Crippen LogP contribution < -0.4 is 10.6 Å². The standard InChI is InChI=1S/C23H23FN6O3/c1-12-5-6-14(10-15(12)24)26-21(32)19-13(2)18(16-4-3-9-30(16)19)20(31)22(33)27-23(7-8-23)17-11-25-29-28-17/h5-6,10-11H,3-4,7-9H2,1-2H3,(H,26,32)(H,27,33)(H,25,28,29). The van der Waals surface area contributed by atoms with Crippen LogP contribution in [0, 0.1) is 19.7 Å². The molecule has 2 aromatic heterocycles. The number of amides is 2. The van der Waals surface area contributed by atoms with E-state index in [1.165, 1.54) is 6.07 Å². The van der Waals surface area contributed by atoms with Crippen molar-refractivity contribution < 1.29 is 18.8 Å². The van der Waals surface area contributed by atoms with Crippen LogP contribution >= 0.6 is 0 Å². The summed E-state index contributed by atoms with van der Waals surface area (Å²) in [6.07, 6.45) is 4.31. The number of aromatic nitrogens is 4. The topological polar surface area (TPSA) is 122 Å². The van der Waals surface area contributed by atoms with Crippen molar-refractivity contribution in [2.24, 2.45) is 0 Å². The third kappa shape index (κ3) is 3.51. The third-order valence-electron chi connectivity index (χ3n) is 6.50. The maximum atomic E-state index is 13.9. The highest BCUT2D eigenvalue weighted by Crippen LogP contribution is 2.44. The first-order valence-corrected chi connectivity index (χ1v) is 10.8. The molecule has 0 spiro atoms. The van der Waals surface area contributed by atoms with E-state index in [0.717, 1.165) is 6.42 Å². The summed E-state index contributed by atoms with van der Waals surface area (Å²) in [4.78, 5) is 39.2. The van der Waals surface area contributed by atoms with Crippen molar-refractivity contribution in [1.29, 1.82) is 0 Å². The number of aromatic amines is 1. The number of halogens is 1. The van der Waals surface area contributed by atoms with Crippen LogP contribution in [0.4, 0.5) is 10.1 Å². The molecular weight excluding hydrogens is 427 g/mol. The lowest BCUT2D eigenvalue weighted by Gasteiger charge is -2.14. The van der Waals surface area contributed by atoms with E-state index >= 15 is 0 Å². The van der Waals surface area contributed by atoms with Crippen molar-refractivity contribution in [1.82, 2.24) is 25.3 Å². The van der Waals surface area contributed by atoms with Gasteiger partial charge >= 0.3 is 0 Å². The number of hydrogen-bond acceptors (Lipinski definition) is 5. The maximum Gasteiger partial charge on any atom is 0.293 e. The minimum Gasteiger partial charge on any atom is -0.340 e. The molecule has 0 saturated heterocycles. The van der Waals surface area contributed by atoms with Crippen molar-refractivity contribution in [3.8, 4) is 0 Å². The first-order valence-electron chi connectivity index (χ1n) is 10.8. The Bertz CT molecular complexity index is 1290. The Balaban J connectivity index is 1.43. The molecule has 1 aliphatic carbocycles. The van der Waals surface area contributed by atoms with Crippen LogP contribution in [0.3, 0.4) is 0 Å². The van der Waals surface area contributed by atoms with Gasteiger partial charge in [0.2, 0.25) is 0 Å². The number of ketones is 1. The minimum absolute atomic E-state index is 0.265. The number of nitrogens with zero attached hydrogens (tertiary/aromatic N) is 3. The van der Waals surface area contributed by atoms with Gasteiger partial charge in [0.05, 0.1) is 11.1 Å². The summed E-state index contributed by atoms with van der Waals surface area (Å²) >= 11 is 0. The number of rotatable bonds is 6. The molecule has 1 saturated carbocycles. The molecule has 1 fully saturated rings. The Labute approximate surface area is 188 Å². The number of fused-ring (bicyclic) bond motifs is 1. The number of Topliss-reactive ketones (excluding diaryl/α,β-unsaturated/α-hetero) is 1. The van der Waals surface area contributed by atoms with Gasteiger partial charge in [-0.25, -0.2) is 4.39 Å². The van der Waals surface area contributed by atoms with Gasteiger partial charge in [-0.1, -0.05) is 11.3 Å². The largest absolute Gasteiger partial charge is 0.340 e. The van der Waals surface area contributed by atoms with E-state index < -0.39 is 29.0 Å². The van der Waals surface area contributed by atoms with Crippen molar-refractivity contribution in [3.05, 3.63) is 64.0 Å². The van der Waals surface area contributed by atoms with E-state index in [2.05, 4.69) is 26.0 Å². The molecule has 0 bridgehead atoms. The van der Waals surface area contributed by atoms with Crippen molar-refractivity contribution in [2.45, 2.75) is 51.6 Å². The van der Waals surface area contributed by atoms with E-state index in [4.69, 9.17) is 0 Å². The Morgan fingerprint density at radius 3 is 2.67 bits per heavy atom. The second-order valence-corrected chi connectivity index (χ2v) is 8.69. The predicted molar refractivity (Wildman–Crippen MR) is 116 cm³/mol. The molecule has 3 aromatic rings. The van der Waals surface area contributed by atoms with Crippen LogP contribution in [0.5, 0.6) is 0 Å². The normalized spacial score (nSPS) is 15.7. The molecule has 0 atom stereocenters. The molecule has 3 heterocycles. The van der Waals surface area contributed by atoms with Gasteiger partial charge in [-0.05, 0) is 62.8 Å². The van der Waals surface area contributed by atoms with E-state index in [1.54, 1.807) is 36.7 Å². The average Bonchev–Trinajstić information content (AvgIpc) is 3.14. The summed E-state index contributed by atoms with van der Waals surface area (Å²) < 4.78 is 15.7. The van der Waals surface area contributed by atoms with Crippen LogP contribution in [0.15, 0.2) is 24.4 Å². The van der Waals surface area contributed by atoms with Gasteiger partial charge in [-0.15, -0.1) is 5.10 Å². The zero-order valence-electron chi connectivity index (χ0n) is 18.3. The van der Waals surface area contributed by atoms with Gasteiger partial charge in [0.25, 0.3) is 17.6 Å². The summed E-state index contributed by atoms with van der Waals surface area (Å²) in [7, 11) is 0.